The SMILES string of the molecule is NC(CN1CCOCC1)c1noc(C2CCS(=O)(=O)C2)n1. The van der Waals surface area contributed by atoms with Crippen molar-refractivity contribution in [1.29, 1.82) is 0 Å². The van der Waals surface area contributed by atoms with Gasteiger partial charge in [-0.05, 0) is 6.42 Å². The fourth-order valence-electron chi connectivity index (χ4n) is 2.70. The van der Waals surface area contributed by atoms with Crippen molar-refractivity contribution < 1.29 is 17.7 Å². The maximum absolute atomic E-state index is 11.5. The van der Waals surface area contributed by atoms with Gasteiger partial charge in [-0.25, -0.2) is 8.42 Å². The van der Waals surface area contributed by atoms with Crippen LogP contribution in [0.3, 0.4) is 0 Å². The highest BCUT2D eigenvalue weighted by Crippen LogP contribution is 2.28. The molecule has 9 heteroatoms. The minimum atomic E-state index is -2.96. The summed E-state index contributed by atoms with van der Waals surface area (Å²) in [6.45, 7) is 3.76. The summed E-state index contributed by atoms with van der Waals surface area (Å²) in [6.07, 6.45) is 0.544. The van der Waals surface area contributed by atoms with E-state index in [0.29, 0.717) is 37.9 Å². The van der Waals surface area contributed by atoms with E-state index >= 15 is 0 Å². The second-order valence-corrected chi connectivity index (χ2v) is 7.84. The Morgan fingerprint density at radius 3 is 2.81 bits per heavy atom. The number of morpholine rings is 1. The lowest BCUT2D eigenvalue weighted by molar-refractivity contribution is 0.0348. The number of nitrogens with zero attached hydrogens (tertiary/aromatic N) is 3. The molecule has 2 fully saturated rings. The zero-order chi connectivity index (χ0) is 14.9. The number of hydrogen-bond donors (Lipinski definition) is 1. The molecule has 8 nitrogen and oxygen atoms in total. The van der Waals surface area contributed by atoms with Gasteiger partial charge in [0, 0.05) is 19.6 Å². The van der Waals surface area contributed by atoms with E-state index in [2.05, 4.69) is 15.0 Å². The molecule has 2 aliphatic heterocycles. The number of rotatable bonds is 4. The predicted molar refractivity (Wildman–Crippen MR) is 74.5 cm³/mol. The van der Waals surface area contributed by atoms with E-state index < -0.39 is 9.84 Å². The molecule has 0 aromatic carbocycles. The third-order valence-electron chi connectivity index (χ3n) is 3.93. The molecule has 0 spiro atoms. The lowest BCUT2D eigenvalue weighted by Crippen LogP contribution is -2.40. The van der Waals surface area contributed by atoms with E-state index in [9.17, 15) is 8.42 Å². The van der Waals surface area contributed by atoms with Crippen LogP contribution in [0.4, 0.5) is 0 Å². The van der Waals surface area contributed by atoms with Crippen LogP contribution in [0.25, 0.3) is 0 Å². The van der Waals surface area contributed by atoms with Gasteiger partial charge in [0.25, 0.3) is 0 Å². The second-order valence-electron chi connectivity index (χ2n) is 5.61. The summed E-state index contributed by atoms with van der Waals surface area (Å²) < 4.78 is 33.5. The Kier molecular flexibility index (Phi) is 4.25. The Balaban J connectivity index is 1.61. The van der Waals surface area contributed by atoms with Gasteiger partial charge in [-0.1, -0.05) is 5.16 Å². The van der Waals surface area contributed by atoms with Gasteiger partial charge in [0.15, 0.2) is 15.7 Å². The van der Waals surface area contributed by atoms with E-state index in [0.717, 1.165) is 13.1 Å². The third-order valence-corrected chi connectivity index (χ3v) is 5.70. The van der Waals surface area contributed by atoms with Crippen LogP contribution >= 0.6 is 0 Å². The van der Waals surface area contributed by atoms with Crippen LogP contribution in [0.2, 0.25) is 0 Å². The molecule has 21 heavy (non-hydrogen) atoms. The largest absolute Gasteiger partial charge is 0.379 e. The standard InChI is InChI=1S/C12H20N4O4S/c13-10(7-16-2-4-19-5-3-16)11-14-12(20-15-11)9-1-6-21(17,18)8-9/h9-10H,1-8,13H2. The highest BCUT2D eigenvalue weighted by Gasteiger charge is 2.33. The summed E-state index contributed by atoms with van der Waals surface area (Å²) in [4.78, 5) is 6.50. The first kappa shape index (κ1) is 14.9. The van der Waals surface area contributed by atoms with Crippen LogP contribution in [-0.2, 0) is 14.6 Å². The lowest BCUT2D eigenvalue weighted by Gasteiger charge is -2.27. The Labute approximate surface area is 123 Å². The van der Waals surface area contributed by atoms with E-state index in [1.807, 2.05) is 0 Å². The number of sulfone groups is 1. The smallest absolute Gasteiger partial charge is 0.230 e. The van der Waals surface area contributed by atoms with Crippen LogP contribution in [0, 0.1) is 0 Å². The van der Waals surface area contributed by atoms with E-state index in [4.69, 9.17) is 15.0 Å². The first-order chi connectivity index (χ1) is 10.0. The Hall–Kier alpha value is -1.03. The monoisotopic (exact) mass is 316 g/mol. The quantitative estimate of drug-likeness (QED) is 0.776. The summed E-state index contributed by atoms with van der Waals surface area (Å²) in [5.74, 6) is 0.929. The average molecular weight is 316 g/mol. The number of hydrogen-bond acceptors (Lipinski definition) is 8. The van der Waals surface area contributed by atoms with Gasteiger partial charge in [0.2, 0.25) is 5.89 Å². The predicted octanol–water partition coefficient (Wildman–Crippen LogP) is -0.696. The van der Waals surface area contributed by atoms with Crippen molar-refractivity contribution in [3.8, 4) is 0 Å². The molecule has 118 valence electrons. The molecule has 1 aromatic rings. The maximum atomic E-state index is 11.5. The number of nitrogens with two attached hydrogens (primary N) is 1. The van der Waals surface area contributed by atoms with Gasteiger partial charge >= 0.3 is 0 Å². The van der Waals surface area contributed by atoms with Crippen molar-refractivity contribution in [2.75, 3.05) is 44.4 Å². The van der Waals surface area contributed by atoms with Crippen molar-refractivity contribution in [1.82, 2.24) is 15.0 Å². The van der Waals surface area contributed by atoms with Crippen molar-refractivity contribution in [3.05, 3.63) is 11.7 Å². The van der Waals surface area contributed by atoms with Crippen LogP contribution < -0.4 is 5.73 Å². The molecule has 2 N–H and O–H groups in total. The first-order valence-corrected chi connectivity index (χ1v) is 8.95. The van der Waals surface area contributed by atoms with E-state index in [1.54, 1.807) is 0 Å². The van der Waals surface area contributed by atoms with Gasteiger partial charge in [0.1, 0.15) is 0 Å². The molecule has 2 saturated heterocycles. The summed E-state index contributed by atoms with van der Waals surface area (Å²) in [7, 11) is -2.96. The molecule has 1 aromatic heterocycles. The highest BCUT2D eigenvalue weighted by molar-refractivity contribution is 7.91. The van der Waals surface area contributed by atoms with Crippen molar-refractivity contribution in [2.24, 2.45) is 5.73 Å². The molecule has 3 heterocycles. The molecular formula is C12H20N4O4S. The zero-order valence-electron chi connectivity index (χ0n) is 11.8. The average Bonchev–Trinajstić information content (AvgIpc) is 3.06. The minimum absolute atomic E-state index is 0.0906. The fourth-order valence-corrected chi connectivity index (χ4v) is 4.43. The van der Waals surface area contributed by atoms with Crippen molar-refractivity contribution >= 4 is 9.84 Å². The fraction of sp³-hybridized carbons (Fsp3) is 0.833. The van der Waals surface area contributed by atoms with Crippen LogP contribution in [-0.4, -0.2) is 67.8 Å². The lowest BCUT2D eigenvalue weighted by atomic mass is 10.1. The van der Waals surface area contributed by atoms with Gasteiger partial charge < -0.3 is 15.0 Å². The highest BCUT2D eigenvalue weighted by atomic mass is 32.2. The summed E-state index contributed by atoms with van der Waals surface area (Å²) in [6, 6.07) is -0.335. The molecule has 2 atom stereocenters. The maximum Gasteiger partial charge on any atom is 0.230 e. The van der Waals surface area contributed by atoms with E-state index in [-0.39, 0.29) is 23.5 Å². The van der Waals surface area contributed by atoms with Crippen molar-refractivity contribution in [2.45, 2.75) is 18.4 Å². The molecule has 0 saturated carbocycles. The molecule has 3 rings (SSSR count). The second kappa shape index (κ2) is 5.99. The normalized spacial score (nSPS) is 27.8. The molecule has 0 radical (unpaired) electrons. The first-order valence-electron chi connectivity index (χ1n) is 7.13. The summed E-state index contributed by atoms with van der Waals surface area (Å²) >= 11 is 0. The third kappa shape index (κ3) is 3.60. The van der Waals surface area contributed by atoms with Crippen LogP contribution in [0.15, 0.2) is 4.52 Å². The van der Waals surface area contributed by atoms with Gasteiger partial charge in [-0.3, -0.25) is 4.90 Å². The Morgan fingerprint density at radius 1 is 1.38 bits per heavy atom. The van der Waals surface area contributed by atoms with Gasteiger partial charge in [-0.2, -0.15) is 4.98 Å². The molecule has 0 aliphatic carbocycles. The van der Waals surface area contributed by atoms with Crippen LogP contribution in [0.5, 0.6) is 0 Å². The van der Waals surface area contributed by atoms with Gasteiger partial charge in [-0.15, -0.1) is 0 Å². The van der Waals surface area contributed by atoms with Crippen molar-refractivity contribution in [3.63, 3.8) is 0 Å². The number of ether oxygens (including phenoxy) is 1. The molecule has 2 aliphatic rings. The Bertz CT molecular complexity index is 582. The molecule has 2 unspecified atom stereocenters. The topological polar surface area (TPSA) is 112 Å². The molecule has 0 amide bonds. The zero-order valence-corrected chi connectivity index (χ0v) is 12.6. The minimum Gasteiger partial charge on any atom is -0.379 e. The van der Waals surface area contributed by atoms with E-state index in [1.165, 1.54) is 0 Å². The number of aromatic nitrogens is 2. The molecular weight excluding hydrogens is 296 g/mol. The van der Waals surface area contributed by atoms with Gasteiger partial charge in [0.05, 0.1) is 36.7 Å². The van der Waals surface area contributed by atoms with Crippen LogP contribution in [0.1, 0.15) is 30.1 Å². The Morgan fingerprint density at radius 2 is 2.14 bits per heavy atom. The summed E-state index contributed by atoms with van der Waals surface area (Å²) in [5, 5.41) is 3.91. The molecule has 0 bridgehead atoms. The summed E-state index contributed by atoms with van der Waals surface area (Å²) in [5.41, 5.74) is 6.11.